The average Bonchev–Trinajstić information content (AvgIpc) is 3.31. The third-order valence-electron chi connectivity index (χ3n) is 6.40. The fraction of sp³-hybridized carbons (Fsp3) is 0.500. The van der Waals surface area contributed by atoms with Crippen molar-refractivity contribution in [2.45, 2.75) is 83.8 Å². The molecule has 1 saturated carbocycles. The molecule has 0 aromatic heterocycles. The van der Waals surface area contributed by atoms with Crippen LogP contribution in [0, 0.1) is 0 Å². The second-order valence-corrected chi connectivity index (χ2v) is 10.5. The van der Waals surface area contributed by atoms with Gasteiger partial charge in [-0.15, -0.1) is 0 Å². The molecule has 2 aromatic rings. The maximum absolute atomic E-state index is 13.5. The van der Waals surface area contributed by atoms with Crippen LogP contribution in [0.4, 0.5) is 0 Å². The molecule has 1 aliphatic rings. The Morgan fingerprint density at radius 2 is 1.74 bits per heavy atom. The van der Waals surface area contributed by atoms with Crippen LogP contribution >= 0.6 is 11.6 Å². The fourth-order valence-electron chi connectivity index (χ4n) is 4.51. The molecule has 0 bridgehead atoms. The lowest BCUT2D eigenvalue weighted by atomic mass is 9.86. The van der Waals surface area contributed by atoms with Gasteiger partial charge >= 0.3 is 0 Å². The molecule has 0 heterocycles. The summed E-state index contributed by atoms with van der Waals surface area (Å²) in [4.78, 5) is 28.3. The van der Waals surface area contributed by atoms with Crippen LogP contribution < -0.4 is 10.1 Å². The van der Waals surface area contributed by atoms with Gasteiger partial charge in [0.15, 0.2) is 6.61 Å². The number of rotatable bonds is 9. The van der Waals surface area contributed by atoms with Gasteiger partial charge in [0.2, 0.25) is 5.91 Å². The molecule has 2 amide bonds. The Kier molecular flexibility index (Phi) is 9.01. The van der Waals surface area contributed by atoms with E-state index < -0.39 is 6.04 Å². The van der Waals surface area contributed by atoms with Crippen molar-refractivity contribution in [2.75, 3.05) is 6.61 Å². The van der Waals surface area contributed by atoms with Crippen LogP contribution in [0.2, 0.25) is 5.02 Å². The zero-order valence-corrected chi connectivity index (χ0v) is 21.5. The molecule has 3 rings (SSSR count). The summed E-state index contributed by atoms with van der Waals surface area (Å²) in [6, 6.07) is 14.8. The number of nitrogens with one attached hydrogen (secondary N) is 1. The molecule has 0 radical (unpaired) electrons. The van der Waals surface area contributed by atoms with Crippen molar-refractivity contribution in [3.8, 4) is 5.75 Å². The van der Waals surface area contributed by atoms with Crippen molar-refractivity contribution < 1.29 is 14.3 Å². The molecular weight excluding hydrogens is 448 g/mol. The largest absolute Gasteiger partial charge is 0.483 e. The highest BCUT2D eigenvalue weighted by molar-refractivity contribution is 6.30. The van der Waals surface area contributed by atoms with Gasteiger partial charge in [-0.05, 0) is 54.0 Å². The number of para-hydroxylation sites is 1. The molecule has 5 nitrogen and oxygen atoms in total. The molecule has 1 N–H and O–H groups in total. The Morgan fingerprint density at radius 3 is 2.35 bits per heavy atom. The Morgan fingerprint density at radius 1 is 1.09 bits per heavy atom. The van der Waals surface area contributed by atoms with Gasteiger partial charge in [-0.1, -0.05) is 82.5 Å². The number of ether oxygens (including phenoxy) is 1. The molecule has 0 saturated heterocycles. The van der Waals surface area contributed by atoms with Crippen LogP contribution in [0.3, 0.4) is 0 Å². The van der Waals surface area contributed by atoms with Gasteiger partial charge in [0.1, 0.15) is 11.8 Å². The van der Waals surface area contributed by atoms with E-state index in [4.69, 9.17) is 16.3 Å². The highest BCUT2D eigenvalue weighted by atomic mass is 35.5. The van der Waals surface area contributed by atoms with Gasteiger partial charge in [-0.2, -0.15) is 0 Å². The third-order valence-corrected chi connectivity index (χ3v) is 6.65. The monoisotopic (exact) mass is 484 g/mol. The summed E-state index contributed by atoms with van der Waals surface area (Å²) in [5.74, 6) is 0.386. The number of carbonyl (C=O) groups excluding carboxylic acids is 2. The first kappa shape index (κ1) is 26.1. The maximum atomic E-state index is 13.5. The predicted octanol–water partition coefficient (Wildman–Crippen LogP) is 5.88. The van der Waals surface area contributed by atoms with Gasteiger partial charge in [0.25, 0.3) is 5.91 Å². The summed E-state index contributed by atoms with van der Waals surface area (Å²) in [5.41, 5.74) is 1.84. The van der Waals surface area contributed by atoms with Gasteiger partial charge in [0, 0.05) is 17.6 Å². The Labute approximate surface area is 208 Å². The number of hydrogen-bond donors (Lipinski definition) is 1. The topological polar surface area (TPSA) is 58.6 Å². The van der Waals surface area contributed by atoms with Crippen molar-refractivity contribution in [1.82, 2.24) is 10.2 Å². The van der Waals surface area contributed by atoms with E-state index in [9.17, 15) is 9.59 Å². The fourth-order valence-corrected chi connectivity index (χ4v) is 4.63. The van der Waals surface area contributed by atoms with Crippen molar-refractivity contribution >= 4 is 23.4 Å². The molecule has 1 fully saturated rings. The van der Waals surface area contributed by atoms with E-state index >= 15 is 0 Å². The highest BCUT2D eigenvalue weighted by Crippen LogP contribution is 2.31. The Hall–Kier alpha value is -2.53. The van der Waals surface area contributed by atoms with E-state index in [1.54, 1.807) is 17.0 Å². The second kappa shape index (κ2) is 11.7. The van der Waals surface area contributed by atoms with Gasteiger partial charge < -0.3 is 15.0 Å². The summed E-state index contributed by atoms with van der Waals surface area (Å²) in [7, 11) is 0. The number of halogens is 1. The van der Waals surface area contributed by atoms with Gasteiger partial charge in [0.05, 0.1) is 0 Å². The highest BCUT2D eigenvalue weighted by Gasteiger charge is 2.31. The van der Waals surface area contributed by atoms with E-state index in [2.05, 4.69) is 26.1 Å². The first-order chi connectivity index (χ1) is 16.2. The molecule has 6 heteroatoms. The summed E-state index contributed by atoms with van der Waals surface area (Å²) >= 11 is 6.05. The molecule has 1 atom stereocenters. The van der Waals surface area contributed by atoms with Crippen molar-refractivity contribution in [3.05, 3.63) is 64.7 Å². The van der Waals surface area contributed by atoms with Crippen molar-refractivity contribution in [1.29, 1.82) is 0 Å². The van der Waals surface area contributed by atoms with Crippen LogP contribution in [-0.4, -0.2) is 35.4 Å². The standard InChI is InChI=1S/C28H37ClN2O3/c1-5-24(27(33)30-22-10-6-7-11-22)31(18-20-14-16-21(29)17-15-20)26(32)19-34-25-13-9-8-12-23(25)28(2,3)4/h8-9,12-17,22,24H,5-7,10-11,18-19H2,1-4H3,(H,30,33). The third kappa shape index (κ3) is 6.99. The molecule has 0 aliphatic heterocycles. The lowest BCUT2D eigenvalue weighted by molar-refractivity contribution is -0.143. The maximum Gasteiger partial charge on any atom is 0.261 e. The molecular formula is C28H37ClN2O3. The lowest BCUT2D eigenvalue weighted by Crippen LogP contribution is -2.52. The van der Waals surface area contributed by atoms with Gasteiger partial charge in [-0.25, -0.2) is 0 Å². The number of amides is 2. The van der Waals surface area contributed by atoms with Crippen molar-refractivity contribution in [3.63, 3.8) is 0 Å². The van der Waals surface area contributed by atoms with E-state index in [-0.39, 0.29) is 29.9 Å². The van der Waals surface area contributed by atoms with Crippen LogP contribution in [0.5, 0.6) is 5.75 Å². The summed E-state index contributed by atoms with van der Waals surface area (Å²) < 4.78 is 6.03. The molecule has 184 valence electrons. The number of nitrogens with zero attached hydrogens (tertiary/aromatic N) is 1. The quantitative estimate of drug-likeness (QED) is 0.483. The van der Waals surface area contributed by atoms with E-state index in [1.807, 2.05) is 43.3 Å². The molecule has 1 aliphatic carbocycles. The Balaban J connectivity index is 1.79. The Bertz CT molecular complexity index is 962. The molecule has 34 heavy (non-hydrogen) atoms. The van der Waals surface area contributed by atoms with Crippen molar-refractivity contribution in [2.24, 2.45) is 0 Å². The van der Waals surface area contributed by atoms with E-state index in [0.717, 1.165) is 36.8 Å². The van der Waals surface area contributed by atoms with E-state index in [0.29, 0.717) is 23.7 Å². The zero-order chi connectivity index (χ0) is 24.7. The normalized spacial score (nSPS) is 15.1. The first-order valence-corrected chi connectivity index (χ1v) is 12.6. The SMILES string of the molecule is CCC(C(=O)NC1CCCC1)N(Cc1ccc(Cl)cc1)C(=O)COc1ccccc1C(C)(C)C. The van der Waals surface area contributed by atoms with E-state index in [1.165, 1.54) is 0 Å². The minimum atomic E-state index is -0.565. The van der Waals surface area contributed by atoms with Gasteiger partial charge in [-0.3, -0.25) is 9.59 Å². The lowest BCUT2D eigenvalue weighted by Gasteiger charge is -2.32. The first-order valence-electron chi connectivity index (χ1n) is 12.3. The predicted molar refractivity (Wildman–Crippen MR) is 137 cm³/mol. The smallest absolute Gasteiger partial charge is 0.261 e. The molecule has 2 aromatic carbocycles. The second-order valence-electron chi connectivity index (χ2n) is 10.1. The average molecular weight is 485 g/mol. The minimum absolute atomic E-state index is 0.0909. The van der Waals surface area contributed by atoms with Crippen LogP contribution in [0.1, 0.15) is 70.9 Å². The summed E-state index contributed by atoms with van der Waals surface area (Å²) in [6.07, 6.45) is 4.79. The number of benzene rings is 2. The van der Waals surface area contributed by atoms with Crippen LogP contribution in [-0.2, 0) is 21.5 Å². The minimum Gasteiger partial charge on any atom is -0.483 e. The summed E-state index contributed by atoms with van der Waals surface area (Å²) in [5, 5.41) is 3.80. The van der Waals surface area contributed by atoms with Crippen LogP contribution in [0.15, 0.2) is 48.5 Å². The van der Waals surface area contributed by atoms with Crippen LogP contribution in [0.25, 0.3) is 0 Å². The number of carbonyl (C=O) groups is 2. The molecule has 1 unspecified atom stereocenters. The molecule has 0 spiro atoms. The zero-order valence-electron chi connectivity index (χ0n) is 20.8. The summed E-state index contributed by atoms with van der Waals surface area (Å²) in [6.45, 7) is 8.47. The number of hydrogen-bond acceptors (Lipinski definition) is 3.